The Bertz CT molecular complexity index is 1130. The van der Waals surface area contributed by atoms with Crippen LogP contribution in [0, 0.1) is 0 Å². The topological polar surface area (TPSA) is 75.7 Å². The second-order valence-corrected chi connectivity index (χ2v) is 9.43. The van der Waals surface area contributed by atoms with Crippen molar-refractivity contribution in [2.75, 3.05) is 12.4 Å². The predicted molar refractivity (Wildman–Crippen MR) is 122 cm³/mol. The van der Waals surface area contributed by atoms with E-state index < -0.39 is 10.0 Å². The SMILES string of the molecule is CC(C)Oc1ccccc1C(=O)Nc1ccc(S(=O)(=O)N(C)Cc2ccccc2)cc1. The van der Waals surface area contributed by atoms with Crippen molar-refractivity contribution in [2.24, 2.45) is 0 Å². The van der Waals surface area contributed by atoms with Crippen LogP contribution in [-0.2, 0) is 16.6 Å². The minimum Gasteiger partial charge on any atom is -0.490 e. The minimum atomic E-state index is -3.65. The molecule has 0 spiro atoms. The summed E-state index contributed by atoms with van der Waals surface area (Å²) in [6.45, 7) is 4.06. The molecular weight excluding hydrogens is 412 g/mol. The van der Waals surface area contributed by atoms with Gasteiger partial charge in [-0.05, 0) is 55.8 Å². The number of carbonyl (C=O) groups excluding carboxylic acids is 1. The van der Waals surface area contributed by atoms with Gasteiger partial charge >= 0.3 is 0 Å². The molecule has 0 saturated carbocycles. The van der Waals surface area contributed by atoms with E-state index in [9.17, 15) is 13.2 Å². The fraction of sp³-hybridized carbons (Fsp3) is 0.208. The van der Waals surface area contributed by atoms with E-state index in [1.54, 1.807) is 43.4 Å². The van der Waals surface area contributed by atoms with Gasteiger partial charge in [0.15, 0.2) is 0 Å². The molecule has 1 N–H and O–H groups in total. The summed E-state index contributed by atoms with van der Waals surface area (Å²) in [6, 6.07) is 22.5. The zero-order valence-electron chi connectivity index (χ0n) is 17.8. The molecule has 0 aliphatic carbocycles. The summed E-state index contributed by atoms with van der Waals surface area (Å²) >= 11 is 0. The maximum absolute atomic E-state index is 12.9. The Balaban J connectivity index is 1.72. The Labute approximate surface area is 183 Å². The van der Waals surface area contributed by atoms with E-state index >= 15 is 0 Å². The highest BCUT2D eigenvalue weighted by Gasteiger charge is 2.21. The number of nitrogens with zero attached hydrogens (tertiary/aromatic N) is 1. The van der Waals surface area contributed by atoms with E-state index in [4.69, 9.17) is 4.74 Å². The van der Waals surface area contributed by atoms with Gasteiger partial charge in [0.2, 0.25) is 10.0 Å². The van der Waals surface area contributed by atoms with Crippen molar-refractivity contribution in [3.05, 3.63) is 90.0 Å². The third kappa shape index (κ3) is 5.71. The summed E-state index contributed by atoms with van der Waals surface area (Å²) in [5.74, 6) is 0.171. The fourth-order valence-electron chi connectivity index (χ4n) is 3.03. The van der Waals surface area contributed by atoms with Gasteiger partial charge in [0.1, 0.15) is 5.75 Å². The number of benzene rings is 3. The van der Waals surface area contributed by atoms with Crippen molar-refractivity contribution in [2.45, 2.75) is 31.4 Å². The molecular formula is C24H26N2O4S. The van der Waals surface area contributed by atoms with Gasteiger partial charge in [0.05, 0.1) is 16.6 Å². The van der Waals surface area contributed by atoms with Crippen LogP contribution in [0.15, 0.2) is 83.8 Å². The predicted octanol–water partition coefficient (Wildman–Crippen LogP) is 4.55. The average molecular weight is 439 g/mol. The summed E-state index contributed by atoms with van der Waals surface area (Å²) in [6.07, 6.45) is -0.0636. The highest BCUT2D eigenvalue weighted by Crippen LogP contribution is 2.23. The molecule has 7 heteroatoms. The molecule has 6 nitrogen and oxygen atoms in total. The molecule has 0 atom stereocenters. The summed E-state index contributed by atoms with van der Waals surface area (Å²) in [5.41, 5.74) is 1.81. The van der Waals surface area contributed by atoms with Crippen LogP contribution >= 0.6 is 0 Å². The smallest absolute Gasteiger partial charge is 0.259 e. The lowest BCUT2D eigenvalue weighted by molar-refractivity contribution is 0.102. The third-order valence-electron chi connectivity index (χ3n) is 4.56. The molecule has 3 rings (SSSR count). The first-order chi connectivity index (χ1) is 14.8. The van der Waals surface area contributed by atoms with Crippen LogP contribution in [-0.4, -0.2) is 31.8 Å². The zero-order chi connectivity index (χ0) is 22.4. The zero-order valence-corrected chi connectivity index (χ0v) is 18.6. The lowest BCUT2D eigenvalue weighted by Gasteiger charge is -2.18. The Kier molecular flexibility index (Phi) is 7.09. The molecule has 0 aliphatic rings. The number of sulfonamides is 1. The van der Waals surface area contributed by atoms with Gasteiger partial charge < -0.3 is 10.1 Å². The molecule has 0 aliphatic heterocycles. The number of rotatable bonds is 8. The van der Waals surface area contributed by atoms with Crippen LogP contribution < -0.4 is 10.1 Å². The number of ether oxygens (including phenoxy) is 1. The molecule has 3 aromatic carbocycles. The molecule has 162 valence electrons. The van der Waals surface area contributed by atoms with E-state index in [1.165, 1.54) is 16.4 Å². The standard InChI is InChI=1S/C24H26N2O4S/c1-18(2)30-23-12-8-7-11-22(23)24(27)25-20-13-15-21(16-14-20)31(28,29)26(3)17-19-9-5-4-6-10-19/h4-16,18H,17H2,1-3H3,(H,25,27). The quantitative estimate of drug-likeness (QED) is 0.560. The van der Waals surface area contributed by atoms with Gasteiger partial charge in [0, 0.05) is 19.3 Å². The van der Waals surface area contributed by atoms with Crippen molar-refractivity contribution in [1.29, 1.82) is 0 Å². The first kappa shape index (κ1) is 22.5. The molecule has 0 unspecified atom stereocenters. The van der Waals surface area contributed by atoms with Gasteiger partial charge in [-0.3, -0.25) is 4.79 Å². The number of carbonyl (C=O) groups is 1. The normalized spacial score (nSPS) is 11.5. The van der Waals surface area contributed by atoms with Crippen LogP contribution in [0.5, 0.6) is 5.75 Å². The van der Waals surface area contributed by atoms with Crippen LogP contribution in [0.4, 0.5) is 5.69 Å². The van der Waals surface area contributed by atoms with Gasteiger partial charge in [-0.2, -0.15) is 4.31 Å². The monoisotopic (exact) mass is 438 g/mol. The number of nitrogens with one attached hydrogen (secondary N) is 1. The molecule has 31 heavy (non-hydrogen) atoms. The molecule has 1 amide bonds. The van der Waals surface area contributed by atoms with E-state index in [-0.39, 0.29) is 23.5 Å². The number of anilines is 1. The summed E-state index contributed by atoms with van der Waals surface area (Å²) in [5, 5.41) is 2.79. The Morgan fingerprint density at radius 3 is 2.19 bits per heavy atom. The Morgan fingerprint density at radius 2 is 1.55 bits per heavy atom. The number of amides is 1. The van der Waals surface area contributed by atoms with Crippen molar-refractivity contribution in [3.63, 3.8) is 0 Å². The maximum Gasteiger partial charge on any atom is 0.259 e. The van der Waals surface area contributed by atoms with Crippen molar-refractivity contribution >= 4 is 21.6 Å². The van der Waals surface area contributed by atoms with Gasteiger partial charge in [-0.1, -0.05) is 42.5 Å². The maximum atomic E-state index is 12.9. The number of hydrogen-bond acceptors (Lipinski definition) is 4. The summed E-state index contributed by atoms with van der Waals surface area (Å²) in [7, 11) is -2.11. The second-order valence-electron chi connectivity index (χ2n) is 7.39. The summed E-state index contributed by atoms with van der Waals surface area (Å²) < 4.78 is 32.7. The van der Waals surface area contributed by atoms with Crippen molar-refractivity contribution in [3.8, 4) is 5.75 Å². The molecule has 3 aromatic rings. The fourth-order valence-corrected chi connectivity index (χ4v) is 4.18. The highest BCUT2D eigenvalue weighted by atomic mass is 32.2. The largest absolute Gasteiger partial charge is 0.490 e. The first-order valence-electron chi connectivity index (χ1n) is 9.95. The third-order valence-corrected chi connectivity index (χ3v) is 6.38. The first-order valence-corrected chi connectivity index (χ1v) is 11.4. The van der Waals surface area contributed by atoms with Crippen molar-refractivity contribution < 1.29 is 17.9 Å². The lowest BCUT2D eigenvalue weighted by Crippen LogP contribution is -2.26. The van der Waals surface area contributed by atoms with Crippen LogP contribution in [0.25, 0.3) is 0 Å². The van der Waals surface area contributed by atoms with Crippen LogP contribution in [0.3, 0.4) is 0 Å². The molecule has 0 radical (unpaired) electrons. The van der Waals surface area contributed by atoms with Crippen molar-refractivity contribution in [1.82, 2.24) is 4.31 Å². The van der Waals surface area contributed by atoms with Gasteiger partial charge in [0.25, 0.3) is 5.91 Å². The highest BCUT2D eigenvalue weighted by molar-refractivity contribution is 7.89. The van der Waals surface area contributed by atoms with E-state index in [1.807, 2.05) is 44.2 Å². The molecule has 0 fully saturated rings. The molecule has 0 heterocycles. The van der Waals surface area contributed by atoms with Crippen LogP contribution in [0.1, 0.15) is 29.8 Å². The molecule has 0 bridgehead atoms. The Morgan fingerprint density at radius 1 is 0.935 bits per heavy atom. The second kappa shape index (κ2) is 9.76. The van der Waals surface area contributed by atoms with Gasteiger partial charge in [-0.25, -0.2) is 8.42 Å². The van der Waals surface area contributed by atoms with E-state index in [2.05, 4.69) is 5.32 Å². The Hall–Kier alpha value is -3.16. The van der Waals surface area contributed by atoms with E-state index in [0.29, 0.717) is 17.0 Å². The molecule has 0 saturated heterocycles. The van der Waals surface area contributed by atoms with E-state index in [0.717, 1.165) is 5.56 Å². The minimum absolute atomic E-state index is 0.0636. The average Bonchev–Trinajstić information content (AvgIpc) is 2.74. The number of para-hydroxylation sites is 1. The van der Waals surface area contributed by atoms with Gasteiger partial charge in [-0.15, -0.1) is 0 Å². The van der Waals surface area contributed by atoms with Crippen LogP contribution in [0.2, 0.25) is 0 Å². The summed E-state index contributed by atoms with van der Waals surface area (Å²) in [4.78, 5) is 12.9. The molecule has 0 aromatic heterocycles. The lowest BCUT2D eigenvalue weighted by atomic mass is 10.1. The number of hydrogen-bond donors (Lipinski definition) is 1.